The highest BCUT2D eigenvalue weighted by molar-refractivity contribution is 4.66. The van der Waals surface area contributed by atoms with E-state index in [2.05, 4.69) is 27.0 Å². The van der Waals surface area contributed by atoms with Crippen molar-refractivity contribution in [3.05, 3.63) is 25.3 Å². The molecule has 0 rings (SSSR count). The lowest BCUT2D eigenvalue weighted by atomic mass is 10.1. The van der Waals surface area contributed by atoms with Gasteiger partial charge in [0.1, 0.15) is 0 Å². The van der Waals surface area contributed by atoms with Crippen molar-refractivity contribution in [1.29, 1.82) is 0 Å². The van der Waals surface area contributed by atoms with E-state index >= 15 is 0 Å². The first-order valence-electron chi connectivity index (χ1n) is 10.1. The van der Waals surface area contributed by atoms with E-state index in [4.69, 9.17) is 4.74 Å². The van der Waals surface area contributed by atoms with E-state index in [0.717, 1.165) is 0 Å². The van der Waals surface area contributed by atoms with Gasteiger partial charge >= 0.3 is 0 Å². The predicted octanol–water partition coefficient (Wildman–Crippen LogP) is 7.61. The molecule has 2 atom stereocenters. The van der Waals surface area contributed by atoms with Crippen molar-refractivity contribution in [2.45, 2.75) is 116 Å². The minimum Gasteiger partial charge on any atom is -0.376 e. The average Bonchev–Trinajstić information content (AvgIpc) is 2.53. The van der Waals surface area contributed by atoms with E-state index < -0.39 is 0 Å². The SMILES string of the molecule is C=CCCCCCCCC(C)OC(C)CCCCCCCC=C. The van der Waals surface area contributed by atoms with Crippen LogP contribution in [0.5, 0.6) is 0 Å². The Morgan fingerprint density at radius 2 is 0.957 bits per heavy atom. The Morgan fingerprint density at radius 3 is 1.35 bits per heavy atom. The van der Waals surface area contributed by atoms with Gasteiger partial charge in [-0.05, 0) is 52.4 Å². The molecule has 0 aromatic heterocycles. The largest absolute Gasteiger partial charge is 0.376 e. The van der Waals surface area contributed by atoms with Crippen LogP contribution in [0.1, 0.15) is 104 Å². The van der Waals surface area contributed by atoms with Gasteiger partial charge in [-0.25, -0.2) is 0 Å². The summed E-state index contributed by atoms with van der Waals surface area (Å²) in [6, 6.07) is 0. The van der Waals surface area contributed by atoms with Crippen molar-refractivity contribution in [3.8, 4) is 0 Å². The summed E-state index contributed by atoms with van der Waals surface area (Å²) in [6.45, 7) is 12.0. The highest BCUT2D eigenvalue weighted by atomic mass is 16.5. The molecule has 0 fully saturated rings. The van der Waals surface area contributed by atoms with Crippen LogP contribution in [-0.4, -0.2) is 12.2 Å². The lowest BCUT2D eigenvalue weighted by Gasteiger charge is -2.19. The summed E-state index contributed by atoms with van der Waals surface area (Å²) < 4.78 is 6.11. The molecule has 0 aliphatic carbocycles. The average molecular weight is 323 g/mol. The molecule has 0 aromatic carbocycles. The highest BCUT2D eigenvalue weighted by Crippen LogP contribution is 2.15. The molecule has 0 amide bonds. The molecule has 0 radical (unpaired) electrons. The van der Waals surface area contributed by atoms with E-state index in [-0.39, 0.29) is 0 Å². The molecule has 0 heterocycles. The van der Waals surface area contributed by atoms with E-state index in [1.54, 1.807) is 0 Å². The summed E-state index contributed by atoms with van der Waals surface area (Å²) >= 11 is 0. The fourth-order valence-electron chi connectivity index (χ4n) is 3.03. The minimum absolute atomic E-state index is 0.422. The third-order valence-electron chi connectivity index (χ3n) is 4.50. The van der Waals surface area contributed by atoms with Gasteiger partial charge in [-0.3, -0.25) is 0 Å². The number of ether oxygens (including phenoxy) is 1. The molecule has 1 nitrogen and oxygen atoms in total. The van der Waals surface area contributed by atoms with Gasteiger partial charge in [0, 0.05) is 0 Å². The van der Waals surface area contributed by atoms with E-state index in [1.807, 2.05) is 12.2 Å². The van der Waals surface area contributed by atoms with E-state index in [0.29, 0.717) is 12.2 Å². The normalized spacial score (nSPS) is 13.7. The van der Waals surface area contributed by atoms with Crippen molar-refractivity contribution in [2.24, 2.45) is 0 Å². The molecule has 0 aliphatic rings. The fraction of sp³-hybridized carbons (Fsp3) is 0.818. The Hall–Kier alpha value is -0.560. The van der Waals surface area contributed by atoms with Crippen molar-refractivity contribution in [1.82, 2.24) is 0 Å². The Balaban J connectivity index is 3.35. The molecule has 0 aliphatic heterocycles. The van der Waals surface area contributed by atoms with Gasteiger partial charge in [0.2, 0.25) is 0 Å². The van der Waals surface area contributed by atoms with Crippen LogP contribution in [-0.2, 0) is 4.74 Å². The summed E-state index contributed by atoms with van der Waals surface area (Å²) in [7, 11) is 0. The monoisotopic (exact) mass is 322 g/mol. The maximum Gasteiger partial charge on any atom is 0.0550 e. The molecule has 2 unspecified atom stereocenters. The number of allylic oxidation sites excluding steroid dienone is 2. The zero-order valence-corrected chi connectivity index (χ0v) is 16.0. The fourth-order valence-corrected chi connectivity index (χ4v) is 3.03. The first kappa shape index (κ1) is 22.4. The van der Waals surface area contributed by atoms with Crippen LogP contribution in [0.15, 0.2) is 25.3 Å². The van der Waals surface area contributed by atoms with Crippen molar-refractivity contribution < 1.29 is 4.74 Å². The molecule has 0 spiro atoms. The first-order valence-corrected chi connectivity index (χ1v) is 10.1. The molecule has 1 heteroatoms. The first-order chi connectivity index (χ1) is 11.2. The number of hydrogen-bond acceptors (Lipinski definition) is 1. The summed E-state index contributed by atoms with van der Waals surface area (Å²) in [4.78, 5) is 0. The van der Waals surface area contributed by atoms with Crippen LogP contribution >= 0.6 is 0 Å². The molecule has 0 saturated carbocycles. The Kier molecular flexibility index (Phi) is 17.4. The topological polar surface area (TPSA) is 9.23 Å². The van der Waals surface area contributed by atoms with Gasteiger partial charge in [-0.1, -0.05) is 63.5 Å². The third kappa shape index (κ3) is 17.6. The van der Waals surface area contributed by atoms with Crippen LogP contribution in [0.3, 0.4) is 0 Å². The van der Waals surface area contributed by atoms with E-state index in [9.17, 15) is 0 Å². The molecular formula is C22H42O. The van der Waals surface area contributed by atoms with Crippen LogP contribution < -0.4 is 0 Å². The van der Waals surface area contributed by atoms with Crippen molar-refractivity contribution in [3.63, 3.8) is 0 Å². The zero-order chi connectivity index (χ0) is 17.2. The third-order valence-corrected chi connectivity index (χ3v) is 4.50. The summed E-state index contributed by atoms with van der Waals surface area (Å²) in [5, 5.41) is 0. The molecule has 0 bridgehead atoms. The summed E-state index contributed by atoms with van der Waals surface area (Å²) in [5.41, 5.74) is 0. The van der Waals surface area contributed by atoms with Gasteiger partial charge in [-0.15, -0.1) is 13.2 Å². The van der Waals surface area contributed by atoms with Crippen LogP contribution in [0.2, 0.25) is 0 Å². The van der Waals surface area contributed by atoms with Gasteiger partial charge in [0.25, 0.3) is 0 Å². The lowest BCUT2D eigenvalue weighted by Crippen LogP contribution is -2.17. The number of rotatable bonds is 18. The van der Waals surface area contributed by atoms with Crippen LogP contribution in [0.25, 0.3) is 0 Å². The minimum atomic E-state index is 0.422. The molecular weight excluding hydrogens is 280 g/mol. The summed E-state index contributed by atoms with van der Waals surface area (Å²) in [6.07, 6.45) is 23.0. The van der Waals surface area contributed by atoms with E-state index in [1.165, 1.54) is 89.9 Å². The standard InChI is InChI=1S/C22H42O/c1-5-7-9-11-13-15-17-19-21(3)23-22(4)20-18-16-14-12-10-8-6-2/h5-6,21-22H,1-2,7-20H2,3-4H3. The number of unbranched alkanes of at least 4 members (excludes halogenated alkanes) is 10. The van der Waals surface area contributed by atoms with Crippen LogP contribution in [0.4, 0.5) is 0 Å². The molecule has 23 heavy (non-hydrogen) atoms. The van der Waals surface area contributed by atoms with Gasteiger partial charge in [-0.2, -0.15) is 0 Å². The van der Waals surface area contributed by atoms with Crippen molar-refractivity contribution >= 4 is 0 Å². The Labute approximate surface area is 146 Å². The molecule has 0 N–H and O–H groups in total. The molecule has 0 aromatic rings. The predicted molar refractivity (Wildman–Crippen MR) is 105 cm³/mol. The van der Waals surface area contributed by atoms with Gasteiger partial charge in [0.15, 0.2) is 0 Å². The molecule has 136 valence electrons. The van der Waals surface area contributed by atoms with Gasteiger partial charge in [0.05, 0.1) is 12.2 Å². The van der Waals surface area contributed by atoms with Crippen LogP contribution in [0, 0.1) is 0 Å². The van der Waals surface area contributed by atoms with Gasteiger partial charge < -0.3 is 4.74 Å². The molecule has 0 saturated heterocycles. The quantitative estimate of drug-likeness (QED) is 0.186. The second kappa shape index (κ2) is 17.8. The maximum atomic E-state index is 6.11. The number of hydrogen-bond donors (Lipinski definition) is 0. The smallest absolute Gasteiger partial charge is 0.0550 e. The second-order valence-electron chi connectivity index (χ2n) is 7.02. The second-order valence-corrected chi connectivity index (χ2v) is 7.02. The Morgan fingerprint density at radius 1 is 0.609 bits per heavy atom. The Bertz CT molecular complexity index is 233. The van der Waals surface area contributed by atoms with Crippen molar-refractivity contribution in [2.75, 3.05) is 0 Å². The maximum absolute atomic E-state index is 6.11. The highest BCUT2D eigenvalue weighted by Gasteiger charge is 2.08. The summed E-state index contributed by atoms with van der Waals surface area (Å²) in [5.74, 6) is 0. The zero-order valence-electron chi connectivity index (χ0n) is 16.0. The lowest BCUT2D eigenvalue weighted by molar-refractivity contribution is -0.00231.